The van der Waals surface area contributed by atoms with Crippen molar-refractivity contribution in [3.8, 4) is 0 Å². The predicted octanol–water partition coefficient (Wildman–Crippen LogP) is 5.00. The Balaban J connectivity index is 3.00. The fourth-order valence-corrected chi connectivity index (χ4v) is 1.65. The lowest BCUT2D eigenvalue weighted by Crippen LogP contribution is -2.03. The van der Waals surface area contributed by atoms with Crippen LogP contribution in [0.1, 0.15) is 65.7 Å². The van der Waals surface area contributed by atoms with Gasteiger partial charge in [-0.3, -0.25) is 0 Å². The summed E-state index contributed by atoms with van der Waals surface area (Å²) in [4.78, 5) is 0. The van der Waals surface area contributed by atoms with Gasteiger partial charge >= 0.3 is 0 Å². The van der Waals surface area contributed by atoms with E-state index in [9.17, 15) is 0 Å². The SMILES string of the molecule is CC(C)(C)CCCCCCCCCl. The summed E-state index contributed by atoms with van der Waals surface area (Å²) in [5.41, 5.74) is 0.524. The minimum Gasteiger partial charge on any atom is -0.127 e. The maximum atomic E-state index is 5.60. The molecule has 0 aliphatic heterocycles. The van der Waals surface area contributed by atoms with Crippen LogP contribution in [-0.2, 0) is 0 Å². The first kappa shape index (κ1) is 13.3. The molecular formula is C12H25Cl. The molecule has 0 radical (unpaired) electrons. The van der Waals surface area contributed by atoms with E-state index in [1.807, 2.05) is 0 Å². The van der Waals surface area contributed by atoms with E-state index >= 15 is 0 Å². The van der Waals surface area contributed by atoms with Gasteiger partial charge in [0.05, 0.1) is 0 Å². The lowest BCUT2D eigenvalue weighted by Gasteiger charge is -2.17. The number of unbranched alkanes of at least 4 members (excludes halogenated alkanes) is 5. The molecular weight excluding hydrogens is 180 g/mol. The van der Waals surface area contributed by atoms with Crippen LogP contribution in [0.15, 0.2) is 0 Å². The second-order valence-corrected chi connectivity index (χ2v) is 5.50. The molecule has 0 bridgehead atoms. The zero-order chi connectivity index (χ0) is 10.2. The molecule has 80 valence electrons. The van der Waals surface area contributed by atoms with Crippen molar-refractivity contribution in [3.05, 3.63) is 0 Å². The third-order valence-electron chi connectivity index (χ3n) is 2.31. The van der Waals surface area contributed by atoms with E-state index in [0.717, 1.165) is 5.88 Å². The van der Waals surface area contributed by atoms with E-state index < -0.39 is 0 Å². The minimum absolute atomic E-state index is 0.524. The summed E-state index contributed by atoms with van der Waals surface area (Å²) in [5, 5.41) is 0. The Morgan fingerprint density at radius 3 is 1.69 bits per heavy atom. The van der Waals surface area contributed by atoms with Crippen molar-refractivity contribution in [3.63, 3.8) is 0 Å². The Hall–Kier alpha value is 0.290. The predicted molar refractivity (Wildman–Crippen MR) is 62.5 cm³/mol. The highest BCUT2D eigenvalue weighted by Crippen LogP contribution is 2.22. The standard InChI is InChI=1S/C12H25Cl/c1-12(2,3)10-8-6-4-5-7-9-11-13/h4-11H2,1-3H3. The maximum absolute atomic E-state index is 5.60. The zero-order valence-electron chi connectivity index (χ0n) is 9.53. The highest BCUT2D eigenvalue weighted by molar-refractivity contribution is 6.17. The summed E-state index contributed by atoms with van der Waals surface area (Å²) in [7, 11) is 0. The van der Waals surface area contributed by atoms with Crippen LogP contribution in [0.2, 0.25) is 0 Å². The number of hydrogen-bond acceptors (Lipinski definition) is 0. The lowest BCUT2D eigenvalue weighted by atomic mass is 9.89. The summed E-state index contributed by atoms with van der Waals surface area (Å²) < 4.78 is 0. The van der Waals surface area contributed by atoms with Crippen LogP contribution >= 0.6 is 11.6 Å². The molecule has 0 heterocycles. The van der Waals surface area contributed by atoms with Gasteiger partial charge in [-0.15, -0.1) is 11.6 Å². The fourth-order valence-electron chi connectivity index (χ4n) is 1.46. The molecule has 0 aromatic heterocycles. The molecule has 1 heteroatoms. The van der Waals surface area contributed by atoms with Crippen molar-refractivity contribution in [2.24, 2.45) is 5.41 Å². The number of halogens is 1. The van der Waals surface area contributed by atoms with Crippen LogP contribution in [0.25, 0.3) is 0 Å². The van der Waals surface area contributed by atoms with E-state index in [4.69, 9.17) is 11.6 Å². The highest BCUT2D eigenvalue weighted by atomic mass is 35.5. The summed E-state index contributed by atoms with van der Waals surface area (Å²) in [6.07, 6.45) is 9.44. The Kier molecular flexibility index (Phi) is 7.84. The number of rotatable bonds is 7. The van der Waals surface area contributed by atoms with Gasteiger partial charge in [-0.05, 0) is 18.3 Å². The molecule has 0 aliphatic carbocycles. The zero-order valence-corrected chi connectivity index (χ0v) is 10.3. The lowest BCUT2D eigenvalue weighted by molar-refractivity contribution is 0.356. The molecule has 0 atom stereocenters. The summed E-state index contributed by atoms with van der Waals surface area (Å²) in [5.74, 6) is 0.835. The van der Waals surface area contributed by atoms with Crippen molar-refractivity contribution in [1.82, 2.24) is 0 Å². The number of alkyl halides is 1. The number of hydrogen-bond donors (Lipinski definition) is 0. The Morgan fingerprint density at radius 1 is 0.769 bits per heavy atom. The first-order chi connectivity index (χ1) is 6.06. The summed E-state index contributed by atoms with van der Waals surface area (Å²) in [6.45, 7) is 6.96. The molecule has 0 spiro atoms. The fraction of sp³-hybridized carbons (Fsp3) is 1.00. The molecule has 0 aromatic rings. The van der Waals surface area contributed by atoms with Crippen molar-refractivity contribution >= 4 is 11.6 Å². The molecule has 0 fully saturated rings. The smallest absolute Gasteiger partial charge is 0.0223 e. The first-order valence-electron chi connectivity index (χ1n) is 5.62. The van der Waals surface area contributed by atoms with E-state index in [0.29, 0.717) is 5.41 Å². The normalized spacial score (nSPS) is 12.0. The average Bonchev–Trinajstić information content (AvgIpc) is 2.01. The molecule has 0 nitrogen and oxygen atoms in total. The van der Waals surface area contributed by atoms with Crippen LogP contribution in [0.5, 0.6) is 0 Å². The van der Waals surface area contributed by atoms with Crippen LogP contribution in [0.4, 0.5) is 0 Å². The summed E-state index contributed by atoms with van der Waals surface area (Å²) in [6, 6.07) is 0. The molecule has 13 heavy (non-hydrogen) atoms. The molecule has 0 aliphatic rings. The average molecular weight is 205 g/mol. The van der Waals surface area contributed by atoms with Gasteiger partial charge in [0, 0.05) is 5.88 Å². The molecule has 0 aromatic carbocycles. The molecule has 0 rings (SSSR count). The third-order valence-corrected chi connectivity index (χ3v) is 2.58. The molecule has 0 N–H and O–H groups in total. The van der Waals surface area contributed by atoms with Gasteiger partial charge in [-0.2, -0.15) is 0 Å². The Bertz CT molecular complexity index is 102. The third kappa shape index (κ3) is 12.3. The first-order valence-corrected chi connectivity index (χ1v) is 6.16. The van der Waals surface area contributed by atoms with Crippen LogP contribution in [0.3, 0.4) is 0 Å². The van der Waals surface area contributed by atoms with Crippen LogP contribution in [0, 0.1) is 5.41 Å². The van der Waals surface area contributed by atoms with E-state index in [2.05, 4.69) is 20.8 Å². The van der Waals surface area contributed by atoms with E-state index in [-0.39, 0.29) is 0 Å². The molecule has 0 saturated carbocycles. The quantitative estimate of drug-likeness (QED) is 0.404. The Morgan fingerprint density at radius 2 is 1.23 bits per heavy atom. The van der Waals surface area contributed by atoms with Crippen molar-refractivity contribution in [2.75, 3.05) is 5.88 Å². The van der Waals surface area contributed by atoms with Crippen molar-refractivity contribution in [2.45, 2.75) is 65.7 Å². The van der Waals surface area contributed by atoms with Gasteiger partial charge in [0.2, 0.25) is 0 Å². The highest BCUT2D eigenvalue weighted by Gasteiger charge is 2.08. The van der Waals surface area contributed by atoms with Crippen LogP contribution in [-0.4, -0.2) is 5.88 Å². The van der Waals surface area contributed by atoms with Gasteiger partial charge < -0.3 is 0 Å². The van der Waals surface area contributed by atoms with Gasteiger partial charge in [0.15, 0.2) is 0 Å². The topological polar surface area (TPSA) is 0 Å². The summed E-state index contributed by atoms with van der Waals surface area (Å²) >= 11 is 5.60. The van der Waals surface area contributed by atoms with Crippen molar-refractivity contribution < 1.29 is 0 Å². The second kappa shape index (κ2) is 7.67. The monoisotopic (exact) mass is 204 g/mol. The van der Waals surface area contributed by atoms with Crippen LogP contribution < -0.4 is 0 Å². The molecule has 0 amide bonds. The van der Waals surface area contributed by atoms with Gasteiger partial charge in [0.1, 0.15) is 0 Å². The minimum atomic E-state index is 0.524. The van der Waals surface area contributed by atoms with Gasteiger partial charge in [-0.1, -0.05) is 52.9 Å². The maximum Gasteiger partial charge on any atom is 0.0223 e. The van der Waals surface area contributed by atoms with Gasteiger partial charge in [-0.25, -0.2) is 0 Å². The second-order valence-electron chi connectivity index (χ2n) is 5.12. The van der Waals surface area contributed by atoms with Crippen molar-refractivity contribution in [1.29, 1.82) is 0 Å². The molecule has 0 unspecified atom stereocenters. The Labute approximate surface area is 89.1 Å². The van der Waals surface area contributed by atoms with Gasteiger partial charge in [0.25, 0.3) is 0 Å². The van der Waals surface area contributed by atoms with E-state index in [1.54, 1.807) is 0 Å². The van der Waals surface area contributed by atoms with E-state index in [1.165, 1.54) is 44.9 Å². The molecule has 0 saturated heterocycles. The largest absolute Gasteiger partial charge is 0.127 e.